The van der Waals surface area contributed by atoms with Gasteiger partial charge in [0.2, 0.25) is 0 Å². The summed E-state index contributed by atoms with van der Waals surface area (Å²) in [5, 5.41) is 2.87. The van der Waals surface area contributed by atoms with Crippen LogP contribution in [0.3, 0.4) is 0 Å². The van der Waals surface area contributed by atoms with E-state index in [9.17, 15) is 4.79 Å². The van der Waals surface area contributed by atoms with E-state index >= 15 is 0 Å². The Morgan fingerprint density at radius 2 is 1.77 bits per heavy atom. The summed E-state index contributed by atoms with van der Waals surface area (Å²) in [4.78, 5) is 24.8. The van der Waals surface area contributed by atoms with Crippen molar-refractivity contribution in [2.24, 2.45) is 5.73 Å². The standard InChI is InChI=1S/C24H21N5O/c25-14-15-5-7-16(8-6-15)17-3-1-2-4-18(17)23-26-11-10-21(29-23)22-13-19-20(28-22)9-12-27-24(19)30/h1-8,10-11,13,28H,9,12,14,25H2,(H,27,30). The first-order chi connectivity index (χ1) is 14.7. The van der Waals surface area contributed by atoms with Crippen LogP contribution in [0.5, 0.6) is 0 Å². The van der Waals surface area contributed by atoms with Crippen LogP contribution in [0.15, 0.2) is 66.9 Å². The van der Waals surface area contributed by atoms with Crippen LogP contribution in [0, 0.1) is 0 Å². The molecule has 2 aromatic carbocycles. The highest BCUT2D eigenvalue weighted by atomic mass is 16.1. The zero-order chi connectivity index (χ0) is 20.5. The van der Waals surface area contributed by atoms with Gasteiger partial charge in [0.15, 0.2) is 5.82 Å². The van der Waals surface area contributed by atoms with Gasteiger partial charge in [-0.1, -0.05) is 48.5 Å². The lowest BCUT2D eigenvalue weighted by Crippen LogP contribution is -2.31. The highest BCUT2D eigenvalue weighted by Crippen LogP contribution is 2.31. The van der Waals surface area contributed by atoms with Crippen LogP contribution in [-0.4, -0.2) is 27.4 Å². The molecule has 2 aromatic heterocycles. The van der Waals surface area contributed by atoms with E-state index in [1.165, 1.54) is 0 Å². The minimum absolute atomic E-state index is 0.0423. The van der Waals surface area contributed by atoms with Gasteiger partial charge in [0.1, 0.15) is 0 Å². The maximum atomic E-state index is 12.1. The lowest BCUT2D eigenvalue weighted by molar-refractivity contribution is 0.0946. The molecule has 30 heavy (non-hydrogen) atoms. The number of benzene rings is 2. The van der Waals surface area contributed by atoms with E-state index in [2.05, 4.69) is 33.5 Å². The van der Waals surface area contributed by atoms with Crippen LogP contribution >= 0.6 is 0 Å². The van der Waals surface area contributed by atoms with Crippen molar-refractivity contribution >= 4 is 5.91 Å². The van der Waals surface area contributed by atoms with Crippen molar-refractivity contribution in [2.45, 2.75) is 13.0 Å². The van der Waals surface area contributed by atoms with Crippen molar-refractivity contribution in [1.29, 1.82) is 0 Å². The quantitative estimate of drug-likeness (QED) is 0.492. The summed E-state index contributed by atoms with van der Waals surface area (Å²) in [6, 6.07) is 20.0. The Kier molecular flexibility index (Phi) is 4.61. The van der Waals surface area contributed by atoms with Crippen molar-refractivity contribution in [3.63, 3.8) is 0 Å². The van der Waals surface area contributed by atoms with Crippen molar-refractivity contribution in [2.75, 3.05) is 6.54 Å². The normalized spacial score (nSPS) is 13.0. The first-order valence-corrected chi connectivity index (χ1v) is 9.95. The summed E-state index contributed by atoms with van der Waals surface area (Å²) < 4.78 is 0. The summed E-state index contributed by atoms with van der Waals surface area (Å²) in [6.45, 7) is 1.17. The predicted octanol–water partition coefficient (Wildman–Crippen LogP) is 3.55. The van der Waals surface area contributed by atoms with E-state index < -0.39 is 0 Å². The van der Waals surface area contributed by atoms with Gasteiger partial charge in [0, 0.05) is 37.0 Å². The van der Waals surface area contributed by atoms with Gasteiger partial charge in [0.25, 0.3) is 5.91 Å². The maximum Gasteiger partial charge on any atom is 0.253 e. The number of hydrogen-bond acceptors (Lipinski definition) is 4. The number of amides is 1. The van der Waals surface area contributed by atoms with Gasteiger partial charge in [-0.2, -0.15) is 0 Å². The fourth-order valence-electron chi connectivity index (χ4n) is 3.82. The minimum Gasteiger partial charge on any atom is -0.356 e. The van der Waals surface area contributed by atoms with Crippen molar-refractivity contribution in [3.05, 3.63) is 83.7 Å². The maximum absolute atomic E-state index is 12.1. The zero-order valence-electron chi connectivity index (χ0n) is 16.4. The average molecular weight is 395 g/mol. The molecule has 0 saturated heterocycles. The lowest BCUT2D eigenvalue weighted by atomic mass is 9.98. The fraction of sp³-hybridized carbons (Fsp3) is 0.125. The van der Waals surface area contributed by atoms with Crippen molar-refractivity contribution in [1.82, 2.24) is 20.3 Å². The Morgan fingerprint density at radius 3 is 2.53 bits per heavy atom. The largest absolute Gasteiger partial charge is 0.356 e. The molecule has 0 atom stereocenters. The summed E-state index contributed by atoms with van der Waals surface area (Å²) >= 11 is 0. The number of hydrogen-bond donors (Lipinski definition) is 3. The molecule has 1 amide bonds. The van der Waals surface area contributed by atoms with Gasteiger partial charge in [-0.3, -0.25) is 4.79 Å². The molecule has 4 N–H and O–H groups in total. The zero-order valence-corrected chi connectivity index (χ0v) is 16.4. The van der Waals surface area contributed by atoms with Gasteiger partial charge >= 0.3 is 0 Å². The number of aromatic nitrogens is 3. The SMILES string of the molecule is NCc1ccc(-c2ccccc2-c2nccc(-c3cc4c([nH]3)CCNC4=O)n2)cc1. The number of nitrogens with one attached hydrogen (secondary N) is 2. The number of carbonyl (C=O) groups is 1. The van der Waals surface area contributed by atoms with E-state index in [-0.39, 0.29) is 5.91 Å². The molecule has 6 heteroatoms. The van der Waals surface area contributed by atoms with Crippen LogP contribution in [0.4, 0.5) is 0 Å². The topological polar surface area (TPSA) is 96.7 Å². The van der Waals surface area contributed by atoms with Gasteiger partial charge in [-0.15, -0.1) is 0 Å². The number of nitrogens with two attached hydrogens (primary N) is 1. The number of rotatable bonds is 4. The Hall–Kier alpha value is -3.77. The van der Waals surface area contributed by atoms with E-state index in [1.807, 2.05) is 42.5 Å². The first-order valence-electron chi connectivity index (χ1n) is 9.95. The molecule has 1 aliphatic heterocycles. The van der Waals surface area contributed by atoms with E-state index in [0.29, 0.717) is 24.5 Å². The number of carbonyl (C=O) groups excluding carboxylic acids is 1. The molecule has 5 rings (SSSR count). The van der Waals surface area contributed by atoms with Crippen molar-refractivity contribution in [3.8, 4) is 33.9 Å². The van der Waals surface area contributed by atoms with E-state index in [0.717, 1.165) is 45.8 Å². The second kappa shape index (κ2) is 7.57. The smallest absolute Gasteiger partial charge is 0.253 e. The summed E-state index contributed by atoms with van der Waals surface area (Å²) in [6.07, 6.45) is 2.55. The fourth-order valence-corrected chi connectivity index (χ4v) is 3.82. The summed E-state index contributed by atoms with van der Waals surface area (Å²) in [7, 11) is 0. The van der Waals surface area contributed by atoms with Gasteiger partial charge in [-0.05, 0) is 28.8 Å². The highest BCUT2D eigenvalue weighted by molar-refractivity contribution is 5.97. The third-order valence-electron chi connectivity index (χ3n) is 5.40. The second-order valence-electron chi connectivity index (χ2n) is 7.29. The molecule has 4 aromatic rings. The predicted molar refractivity (Wildman–Crippen MR) is 117 cm³/mol. The lowest BCUT2D eigenvalue weighted by Gasteiger charge is -2.11. The van der Waals surface area contributed by atoms with Gasteiger partial charge in [-0.25, -0.2) is 9.97 Å². The molecule has 0 aliphatic carbocycles. The van der Waals surface area contributed by atoms with Crippen molar-refractivity contribution < 1.29 is 4.79 Å². The molecule has 0 spiro atoms. The Labute approximate surface area is 174 Å². The molecule has 3 heterocycles. The Bertz CT molecular complexity index is 1230. The van der Waals surface area contributed by atoms with E-state index in [1.54, 1.807) is 6.20 Å². The molecular formula is C24H21N5O. The highest BCUT2D eigenvalue weighted by Gasteiger charge is 2.20. The van der Waals surface area contributed by atoms with Crippen LogP contribution in [-0.2, 0) is 13.0 Å². The number of H-pyrrole nitrogens is 1. The molecular weight excluding hydrogens is 374 g/mol. The number of nitrogens with zero attached hydrogens (tertiary/aromatic N) is 2. The molecule has 1 aliphatic rings. The molecule has 148 valence electrons. The monoisotopic (exact) mass is 395 g/mol. The van der Waals surface area contributed by atoms with E-state index in [4.69, 9.17) is 10.7 Å². The minimum atomic E-state index is -0.0423. The Morgan fingerprint density at radius 1 is 0.967 bits per heavy atom. The first kappa shape index (κ1) is 18.3. The molecule has 0 unspecified atom stereocenters. The number of fused-ring (bicyclic) bond motifs is 1. The number of aromatic amines is 1. The molecule has 0 bridgehead atoms. The molecule has 0 fully saturated rings. The van der Waals surface area contributed by atoms with Crippen LogP contribution in [0.25, 0.3) is 33.9 Å². The average Bonchev–Trinajstić information content (AvgIpc) is 3.25. The molecule has 0 radical (unpaired) electrons. The third-order valence-corrected chi connectivity index (χ3v) is 5.40. The van der Waals surface area contributed by atoms with Gasteiger partial charge in [0.05, 0.1) is 17.0 Å². The molecule has 0 saturated carbocycles. The summed E-state index contributed by atoms with van der Waals surface area (Å²) in [5.41, 5.74) is 13.1. The van der Waals surface area contributed by atoms with Crippen LogP contribution in [0.1, 0.15) is 21.6 Å². The molecule has 6 nitrogen and oxygen atoms in total. The van der Waals surface area contributed by atoms with Gasteiger partial charge < -0.3 is 16.0 Å². The van der Waals surface area contributed by atoms with Crippen LogP contribution in [0.2, 0.25) is 0 Å². The van der Waals surface area contributed by atoms with Crippen LogP contribution < -0.4 is 11.1 Å². The Balaban J connectivity index is 1.56. The second-order valence-corrected chi connectivity index (χ2v) is 7.29. The summed E-state index contributed by atoms with van der Waals surface area (Å²) in [5.74, 6) is 0.599. The third kappa shape index (κ3) is 3.27.